The van der Waals surface area contributed by atoms with E-state index in [4.69, 9.17) is 9.51 Å². The van der Waals surface area contributed by atoms with Crippen molar-refractivity contribution in [1.82, 2.24) is 19.9 Å². The molecule has 0 unspecified atom stereocenters. The number of piperazine rings is 1. The summed E-state index contributed by atoms with van der Waals surface area (Å²) in [6.45, 7) is 12.9. The number of hydrogen-bond donors (Lipinski definition) is 0. The fourth-order valence-electron chi connectivity index (χ4n) is 3.22. The number of rotatable bonds is 5. The third-order valence-corrected chi connectivity index (χ3v) is 5.92. The summed E-state index contributed by atoms with van der Waals surface area (Å²) in [6.07, 6.45) is 2.53. The van der Waals surface area contributed by atoms with E-state index in [2.05, 4.69) is 47.2 Å². The van der Waals surface area contributed by atoms with Crippen molar-refractivity contribution in [2.24, 2.45) is 0 Å². The smallest absolute Gasteiger partial charge is 0.140 e. The number of aromatic nitrogens is 2. The number of hydrogen-bond acceptors (Lipinski definition) is 6. The van der Waals surface area contributed by atoms with Crippen LogP contribution >= 0.6 is 11.3 Å². The standard InChI is InChI=1S/C19H28N4OS/c1-19(2,3)17-13-25-18(20-17)12-23-8-6-22(7-9-23)11-15-10-16(24-21-15)14-4-5-14/h10,13-14H,4-9,11-12H2,1-3H3. The van der Waals surface area contributed by atoms with Gasteiger partial charge in [0.05, 0.1) is 17.9 Å². The van der Waals surface area contributed by atoms with Crippen LogP contribution in [0.2, 0.25) is 0 Å². The van der Waals surface area contributed by atoms with Crippen molar-refractivity contribution >= 4 is 11.3 Å². The molecule has 25 heavy (non-hydrogen) atoms. The van der Waals surface area contributed by atoms with Crippen LogP contribution in [0.5, 0.6) is 0 Å². The zero-order valence-electron chi connectivity index (χ0n) is 15.5. The Balaban J connectivity index is 1.25. The molecule has 136 valence electrons. The van der Waals surface area contributed by atoms with Gasteiger partial charge in [0.25, 0.3) is 0 Å². The Morgan fingerprint density at radius 1 is 1.12 bits per heavy atom. The minimum absolute atomic E-state index is 0.143. The van der Waals surface area contributed by atoms with E-state index >= 15 is 0 Å². The van der Waals surface area contributed by atoms with Gasteiger partial charge >= 0.3 is 0 Å². The summed E-state index contributed by atoms with van der Waals surface area (Å²) in [7, 11) is 0. The molecule has 0 N–H and O–H groups in total. The Labute approximate surface area is 154 Å². The van der Waals surface area contributed by atoms with Crippen molar-refractivity contribution in [2.75, 3.05) is 26.2 Å². The van der Waals surface area contributed by atoms with E-state index < -0.39 is 0 Å². The van der Waals surface area contributed by atoms with Gasteiger partial charge < -0.3 is 4.52 Å². The molecule has 2 aromatic heterocycles. The van der Waals surface area contributed by atoms with Crippen LogP contribution in [-0.2, 0) is 18.5 Å². The van der Waals surface area contributed by atoms with Gasteiger partial charge in [0.2, 0.25) is 0 Å². The Morgan fingerprint density at radius 2 is 1.80 bits per heavy atom. The molecule has 1 saturated carbocycles. The molecule has 0 amide bonds. The quantitative estimate of drug-likeness (QED) is 0.815. The lowest BCUT2D eigenvalue weighted by molar-refractivity contribution is 0.120. The molecule has 1 aliphatic carbocycles. The maximum Gasteiger partial charge on any atom is 0.140 e. The third kappa shape index (κ3) is 4.30. The maximum absolute atomic E-state index is 5.47. The first-order valence-corrected chi connectivity index (χ1v) is 10.2. The van der Waals surface area contributed by atoms with Crippen molar-refractivity contribution in [2.45, 2.75) is 58.0 Å². The van der Waals surface area contributed by atoms with E-state index in [0.717, 1.165) is 50.7 Å². The predicted octanol–water partition coefficient (Wildman–Crippen LogP) is 3.62. The molecule has 6 heteroatoms. The molecule has 0 aromatic carbocycles. The van der Waals surface area contributed by atoms with Crippen molar-refractivity contribution in [3.8, 4) is 0 Å². The summed E-state index contributed by atoms with van der Waals surface area (Å²) in [5.74, 6) is 1.74. The van der Waals surface area contributed by atoms with Gasteiger partial charge in [-0.1, -0.05) is 25.9 Å². The summed E-state index contributed by atoms with van der Waals surface area (Å²) in [5, 5.41) is 7.70. The van der Waals surface area contributed by atoms with Crippen molar-refractivity contribution in [1.29, 1.82) is 0 Å². The molecule has 3 heterocycles. The first kappa shape index (κ1) is 17.2. The monoisotopic (exact) mass is 360 g/mol. The molecule has 1 aliphatic heterocycles. The van der Waals surface area contributed by atoms with Crippen LogP contribution in [0.1, 0.15) is 61.7 Å². The number of nitrogens with zero attached hydrogens (tertiary/aromatic N) is 4. The van der Waals surface area contributed by atoms with Gasteiger partial charge in [-0.05, 0) is 12.8 Å². The average Bonchev–Trinajstić information content (AvgIpc) is 3.12. The SMILES string of the molecule is CC(C)(C)c1csc(CN2CCN(Cc3cc(C4CC4)on3)CC2)n1. The lowest BCUT2D eigenvalue weighted by Gasteiger charge is -2.33. The van der Waals surface area contributed by atoms with Crippen LogP contribution in [0.4, 0.5) is 0 Å². The summed E-state index contributed by atoms with van der Waals surface area (Å²) in [6, 6.07) is 2.16. The van der Waals surface area contributed by atoms with Crippen LogP contribution in [0.25, 0.3) is 0 Å². The molecule has 0 atom stereocenters. The van der Waals surface area contributed by atoms with Gasteiger partial charge in [0.15, 0.2) is 0 Å². The first-order valence-electron chi connectivity index (χ1n) is 9.32. The zero-order valence-corrected chi connectivity index (χ0v) is 16.3. The Hall–Kier alpha value is -1.24. The van der Waals surface area contributed by atoms with Gasteiger partial charge in [0, 0.05) is 55.5 Å². The van der Waals surface area contributed by atoms with E-state index in [-0.39, 0.29) is 5.41 Å². The van der Waals surface area contributed by atoms with E-state index in [0.29, 0.717) is 5.92 Å². The average molecular weight is 361 g/mol. The zero-order chi connectivity index (χ0) is 17.4. The Morgan fingerprint density at radius 3 is 2.40 bits per heavy atom. The molecular formula is C19H28N4OS. The van der Waals surface area contributed by atoms with E-state index in [9.17, 15) is 0 Å². The van der Waals surface area contributed by atoms with Crippen molar-refractivity contribution in [3.63, 3.8) is 0 Å². The van der Waals surface area contributed by atoms with Gasteiger partial charge in [0.1, 0.15) is 10.8 Å². The molecule has 4 rings (SSSR count). The fourth-order valence-corrected chi connectivity index (χ4v) is 4.28. The Bertz CT molecular complexity index is 705. The summed E-state index contributed by atoms with van der Waals surface area (Å²) in [5.41, 5.74) is 2.44. The molecule has 1 saturated heterocycles. The van der Waals surface area contributed by atoms with Crippen LogP contribution in [-0.4, -0.2) is 46.1 Å². The fraction of sp³-hybridized carbons (Fsp3) is 0.684. The molecule has 2 fully saturated rings. The van der Waals surface area contributed by atoms with Crippen LogP contribution in [0, 0.1) is 0 Å². The minimum atomic E-state index is 0.143. The summed E-state index contributed by atoms with van der Waals surface area (Å²) in [4.78, 5) is 9.82. The number of thiazole rings is 1. The van der Waals surface area contributed by atoms with Gasteiger partial charge in [-0.3, -0.25) is 9.80 Å². The Kier molecular flexibility index (Phi) is 4.69. The lowest BCUT2D eigenvalue weighted by Crippen LogP contribution is -2.45. The first-order chi connectivity index (χ1) is 12.0. The second-order valence-corrected chi connectivity index (χ2v) is 9.37. The van der Waals surface area contributed by atoms with Gasteiger partial charge in [-0.25, -0.2) is 4.98 Å². The van der Waals surface area contributed by atoms with Crippen LogP contribution < -0.4 is 0 Å². The minimum Gasteiger partial charge on any atom is -0.361 e. The molecule has 5 nitrogen and oxygen atoms in total. The second-order valence-electron chi connectivity index (χ2n) is 8.42. The highest BCUT2D eigenvalue weighted by Crippen LogP contribution is 2.40. The van der Waals surface area contributed by atoms with Gasteiger partial charge in [-0.15, -0.1) is 11.3 Å². The van der Waals surface area contributed by atoms with E-state index in [1.807, 2.05) is 0 Å². The van der Waals surface area contributed by atoms with Gasteiger partial charge in [-0.2, -0.15) is 0 Å². The van der Waals surface area contributed by atoms with E-state index in [1.54, 1.807) is 11.3 Å². The summed E-state index contributed by atoms with van der Waals surface area (Å²) < 4.78 is 5.47. The van der Waals surface area contributed by atoms with E-state index in [1.165, 1.54) is 23.5 Å². The topological polar surface area (TPSA) is 45.4 Å². The highest BCUT2D eigenvalue weighted by Gasteiger charge is 2.28. The second kappa shape index (κ2) is 6.82. The van der Waals surface area contributed by atoms with Crippen LogP contribution in [0.15, 0.2) is 16.0 Å². The molecular weight excluding hydrogens is 332 g/mol. The molecule has 0 bridgehead atoms. The third-order valence-electron chi connectivity index (χ3n) is 5.09. The van der Waals surface area contributed by atoms with Crippen LogP contribution in [0.3, 0.4) is 0 Å². The largest absolute Gasteiger partial charge is 0.361 e. The van der Waals surface area contributed by atoms with Crippen molar-refractivity contribution in [3.05, 3.63) is 33.6 Å². The van der Waals surface area contributed by atoms with Crippen molar-refractivity contribution < 1.29 is 4.52 Å². The maximum atomic E-state index is 5.47. The highest BCUT2D eigenvalue weighted by molar-refractivity contribution is 7.09. The predicted molar refractivity (Wildman–Crippen MR) is 99.8 cm³/mol. The molecule has 0 spiro atoms. The normalized spacial score (nSPS) is 20.3. The molecule has 2 aliphatic rings. The summed E-state index contributed by atoms with van der Waals surface area (Å²) >= 11 is 1.80. The molecule has 0 radical (unpaired) electrons. The molecule has 2 aromatic rings. The highest BCUT2D eigenvalue weighted by atomic mass is 32.1. The lowest BCUT2D eigenvalue weighted by atomic mass is 9.93.